The van der Waals surface area contributed by atoms with Gasteiger partial charge in [-0.3, -0.25) is 19.1 Å². The fraction of sp³-hybridized carbons (Fsp3) is 0.238. The summed E-state index contributed by atoms with van der Waals surface area (Å²) in [5.74, 6) is -0.327. The lowest BCUT2D eigenvalue weighted by Gasteiger charge is -2.33. The first-order chi connectivity index (χ1) is 14.0. The molecule has 0 bridgehead atoms. The zero-order valence-corrected chi connectivity index (χ0v) is 15.8. The van der Waals surface area contributed by atoms with Gasteiger partial charge in [0.25, 0.3) is 5.56 Å². The van der Waals surface area contributed by atoms with Gasteiger partial charge in [0.2, 0.25) is 5.95 Å². The molecule has 1 unspecified atom stereocenters. The second-order valence-electron chi connectivity index (χ2n) is 6.75. The highest BCUT2D eigenvalue weighted by Crippen LogP contribution is 2.21. The maximum Gasteiger partial charge on any atom is 0.255 e. The van der Waals surface area contributed by atoms with Gasteiger partial charge in [0.05, 0.1) is 18.8 Å². The number of ketones is 1. The Kier molecular flexibility index (Phi) is 5.18. The molecule has 148 valence electrons. The molecule has 1 fully saturated rings. The maximum absolute atomic E-state index is 13.5. The molecule has 0 radical (unpaired) electrons. The predicted octanol–water partition coefficient (Wildman–Crippen LogP) is 2.07. The summed E-state index contributed by atoms with van der Waals surface area (Å²) in [5.41, 5.74) is 1.36. The summed E-state index contributed by atoms with van der Waals surface area (Å²) >= 11 is 0. The van der Waals surface area contributed by atoms with E-state index in [1.54, 1.807) is 37.6 Å². The highest BCUT2D eigenvalue weighted by atomic mass is 19.1. The second-order valence-corrected chi connectivity index (χ2v) is 6.75. The molecule has 0 amide bonds. The molecule has 0 N–H and O–H groups in total. The van der Waals surface area contributed by atoms with Crippen molar-refractivity contribution < 1.29 is 13.9 Å². The van der Waals surface area contributed by atoms with Gasteiger partial charge in [-0.1, -0.05) is 12.1 Å². The third kappa shape index (κ3) is 3.93. The first-order valence-electron chi connectivity index (χ1n) is 9.18. The molecule has 1 aromatic carbocycles. The summed E-state index contributed by atoms with van der Waals surface area (Å²) in [4.78, 5) is 35.7. The van der Waals surface area contributed by atoms with Gasteiger partial charge in [-0.2, -0.15) is 0 Å². The quantitative estimate of drug-likeness (QED) is 0.631. The minimum Gasteiger partial charge on any atom is -0.366 e. The molecule has 2 aromatic heterocycles. The van der Waals surface area contributed by atoms with E-state index in [0.29, 0.717) is 24.8 Å². The van der Waals surface area contributed by atoms with Crippen molar-refractivity contribution in [2.75, 3.05) is 24.6 Å². The van der Waals surface area contributed by atoms with Crippen molar-refractivity contribution in [1.82, 2.24) is 14.5 Å². The Morgan fingerprint density at radius 2 is 2.00 bits per heavy atom. The van der Waals surface area contributed by atoms with Crippen molar-refractivity contribution in [2.45, 2.75) is 6.10 Å². The molecule has 1 atom stereocenters. The minimum atomic E-state index is -0.771. The number of hydrogen-bond acceptors (Lipinski definition) is 6. The SMILES string of the molecule is Cn1c(N2CCOC(C(=O)c3cccc(F)c3)C2)nc(-c2ccncc2)cc1=O. The summed E-state index contributed by atoms with van der Waals surface area (Å²) in [6.45, 7) is 0.990. The molecule has 0 aliphatic carbocycles. The second kappa shape index (κ2) is 7.92. The van der Waals surface area contributed by atoms with E-state index >= 15 is 0 Å². The molecule has 8 heteroatoms. The van der Waals surface area contributed by atoms with Crippen molar-refractivity contribution in [3.8, 4) is 11.3 Å². The summed E-state index contributed by atoms with van der Waals surface area (Å²) in [6, 6.07) is 10.6. The molecule has 1 aliphatic rings. The summed E-state index contributed by atoms with van der Waals surface area (Å²) in [7, 11) is 1.64. The number of benzene rings is 1. The van der Waals surface area contributed by atoms with Crippen molar-refractivity contribution >= 4 is 11.7 Å². The van der Waals surface area contributed by atoms with Gasteiger partial charge in [0, 0.05) is 43.2 Å². The number of hydrogen-bond donors (Lipinski definition) is 0. The summed E-state index contributed by atoms with van der Waals surface area (Å²) < 4.78 is 20.6. The number of Topliss-reactive ketones (excluding diaryl/α,β-unsaturated/α-hetero) is 1. The molecule has 4 rings (SSSR count). The van der Waals surface area contributed by atoms with Crippen LogP contribution in [-0.4, -0.2) is 46.1 Å². The molecule has 7 nitrogen and oxygen atoms in total. The van der Waals surface area contributed by atoms with Gasteiger partial charge in [-0.05, 0) is 24.3 Å². The Morgan fingerprint density at radius 1 is 1.21 bits per heavy atom. The van der Waals surface area contributed by atoms with Crippen LogP contribution in [0.15, 0.2) is 59.7 Å². The lowest BCUT2D eigenvalue weighted by Crippen LogP contribution is -2.48. The number of nitrogens with zero attached hydrogens (tertiary/aromatic N) is 4. The van der Waals surface area contributed by atoms with Gasteiger partial charge < -0.3 is 9.64 Å². The van der Waals surface area contributed by atoms with E-state index in [4.69, 9.17) is 4.74 Å². The number of rotatable bonds is 4. The van der Waals surface area contributed by atoms with Crippen LogP contribution in [0.4, 0.5) is 10.3 Å². The molecular formula is C21H19FN4O3. The third-order valence-electron chi connectivity index (χ3n) is 4.84. The predicted molar refractivity (Wildman–Crippen MR) is 105 cm³/mol. The van der Waals surface area contributed by atoms with E-state index in [0.717, 1.165) is 5.56 Å². The molecule has 29 heavy (non-hydrogen) atoms. The fourth-order valence-corrected chi connectivity index (χ4v) is 3.30. The van der Waals surface area contributed by atoms with Crippen molar-refractivity contribution in [2.24, 2.45) is 7.05 Å². The maximum atomic E-state index is 13.5. The average Bonchev–Trinajstić information content (AvgIpc) is 2.75. The monoisotopic (exact) mass is 394 g/mol. The van der Waals surface area contributed by atoms with Crippen molar-refractivity contribution in [3.63, 3.8) is 0 Å². The number of carbonyl (C=O) groups excluding carboxylic acids is 1. The van der Waals surface area contributed by atoms with E-state index < -0.39 is 11.9 Å². The third-order valence-corrected chi connectivity index (χ3v) is 4.84. The van der Waals surface area contributed by atoms with Gasteiger partial charge in [0.1, 0.15) is 11.9 Å². The Balaban J connectivity index is 1.64. The van der Waals surface area contributed by atoms with Crippen LogP contribution in [0.2, 0.25) is 0 Å². The number of pyridine rings is 1. The minimum absolute atomic E-state index is 0.207. The average molecular weight is 394 g/mol. The topological polar surface area (TPSA) is 77.3 Å². The van der Waals surface area contributed by atoms with Crippen LogP contribution in [0.1, 0.15) is 10.4 Å². The Morgan fingerprint density at radius 3 is 2.76 bits per heavy atom. The van der Waals surface area contributed by atoms with Gasteiger partial charge in [0.15, 0.2) is 5.78 Å². The van der Waals surface area contributed by atoms with Crippen LogP contribution in [0.25, 0.3) is 11.3 Å². The number of ether oxygens (including phenoxy) is 1. The standard InChI is InChI=1S/C21H19FN4O3/c1-25-19(27)12-17(14-5-7-23-8-6-14)24-21(25)26-9-10-29-18(13-26)20(28)15-3-2-4-16(22)11-15/h2-8,11-12,18H,9-10,13H2,1H3. The van der Waals surface area contributed by atoms with Crippen molar-refractivity contribution in [3.05, 3.63) is 76.6 Å². The molecule has 3 aromatic rings. The molecule has 3 heterocycles. The van der Waals surface area contributed by atoms with Gasteiger partial charge >= 0.3 is 0 Å². The molecule has 1 saturated heterocycles. The summed E-state index contributed by atoms with van der Waals surface area (Å²) in [6.07, 6.45) is 2.50. The van der Waals surface area contributed by atoms with Crippen LogP contribution in [0.5, 0.6) is 0 Å². The molecule has 0 saturated carbocycles. The van der Waals surface area contributed by atoms with E-state index in [1.807, 2.05) is 4.90 Å². The van der Waals surface area contributed by atoms with E-state index in [1.165, 1.54) is 28.8 Å². The van der Waals surface area contributed by atoms with Crippen molar-refractivity contribution in [1.29, 1.82) is 0 Å². The zero-order valence-electron chi connectivity index (χ0n) is 15.8. The highest BCUT2D eigenvalue weighted by Gasteiger charge is 2.29. The molecular weight excluding hydrogens is 375 g/mol. The van der Waals surface area contributed by atoms with Crippen LogP contribution in [0.3, 0.4) is 0 Å². The Hall–Kier alpha value is -3.39. The number of morpholine rings is 1. The van der Waals surface area contributed by atoms with Crippen LogP contribution >= 0.6 is 0 Å². The lowest BCUT2D eigenvalue weighted by atomic mass is 10.0. The van der Waals surface area contributed by atoms with Crippen LogP contribution < -0.4 is 10.5 Å². The first kappa shape index (κ1) is 18.9. The van der Waals surface area contributed by atoms with Gasteiger partial charge in [-0.15, -0.1) is 0 Å². The normalized spacial score (nSPS) is 16.6. The summed E-state index contributed by atoms with van der Waals surface area (Å²) in [5, 5.41) is 0. The fourth-order valence-electron chi connectivity index (χ4n) is 3.30. The first-order valence-corrected chi connectivity index (χ1v) is 9.18. The molecule has 1 aliphatic heterocycles. The Bertz CT molecular complexity index is 1100. The van der Waals surface area contributed by atoms with Crippen LogP contribution in [-0.2, 0) is 11.8 Å². The number of anilines is 1. The van der Waals surface area contributed by atoms with E-state index in [9.17, 15) is 14.0 Å². The number of aromatic nitrogens is 3. The smallest absolute Gasteiger partial charge is 0.255 e. The van der Waals surface area contributed by atoms with Crippen LogP contribution in [0, 0.1) is 5.82 Å². The van der Waals surface area contributed by atoms with E-state index in [2.05, 4.69) is 9.97 Å². The zero-order chi connectivity index (χ0) is 20.4. The lowest BCUT2D eigenvalue weighted by molar-refractivity contribution is 0.0336. The number of carbonyl (C=O) groups is 1. The Labute approximate surface area is 166 Å². The largest absolute Gasteiger partial charge is 0.366 e. The highest BCUT2D eigenvalue weighted by molar-refractivity contribution is 6.00. The van der Waals surface area contributed by atoms with E-state index in [-0.39, 0.29) is 23.5 Å². The van der Waals surface area contributed by atoms with Gasteiger partial charge in [-0.25, -0.2) is 9.37 Å². The molecule has 0 spiro atoms. The number of halogens is 1.